The van der Waals surface area contributed by atoms with Crippen LogP contribution in [0.5, 0.6) is 0 Å². The van der Waals surface area contributed by atoms with Crippen LogP contribution in [0.4, 0.5) is 0 Å². The Morgan fingerprint density at radius 1 is 1.33 bits per heavy atom. The second-order valence-corrected chi connectivity index (χ2v) is 11.5. The molecule has 0 radical (unpaired) electrons. The van der Waals surface area contributed by atoms with Crippen LogP contribution >= 0.6 is 11.8 Å². The first-order chi connectivity index (χ1) is 8.22. The summed E-state index contributed by atoms with van der Waals surface area (Å²) in [6, 6.07) is 5.92. The molecule has 0 bridgehead atoms. The Morgan fingerprint density at radius 2 is 2.00 bits per heavy atom. The Balaban J connectivity index is 2.63. The van der Waals surface area contributed by atoms with Crippen molar-refractivity contribution in [3.05, 3.63) is 35.6 Å². The highest BCUT2D eigenvalue weighted by atomic mass is 32.2. The van der Waals surface area contributed by atoms with E-state index >= 15 is 0 Å². The third-order valence-corrected chi connectivity index (χ3v) is 8.58. The maximum Gasteiger partial charge on any atom is 0.250 e. The molecule has 4 heteroatoms. The Labute approximate surface area is 116 Å². The molecule has 2 nitrogen and oxygen atoms in total. The molecule has 0 aliphatic rings. The lowest BCUT2D eigenvalue weighted by atomic mass is 10.2. The van der Waals surface area contributed by atoms with Gasteiger partial charge in [-0.05, 0) is 37.2 Å². The second-order valence-electron chi connectivity index (χ2n) is 5.88. The Kier molecular flexibility index (Phi) is 5.05. The lowest BCUT2D eigenvalue weighted by molar-refractivity contribution is 0.387. The monoisotopic (exact) mass is 281 g/mol. The molecule has 0 amide bonds. The molecular formula is C14H23NOSSi. The van der Waals surface area contributed by atoms with Crippen LogP contribution in [-0.2, 0) is 4.43 Å². The van der Waals surface area contributed by atoms with Gasteiger partial charge in [-0.1, -0.05) is 38.6 Å². The fourth-order valence-electron chi connectivity index (χ4n) is 1.14. The number of pyridine rings is 1. The van der Waals surface area contributed by atoms with Crippen molar-refractivity contribution in [2.45, 2.75) is 50.9 Å². The molecule has 1 rings (SSSR count). The van der Waals surface area contributed by atoms with Crippen LogP contribution in [0.2, 0.25) is 18.1 Å². The van der Waals surface area contributed by atoms with Gasteiger partial charge in [0.05, 0.1) is 5.76 Å². The predicted molar refractivity (Wildman–Crippen MR) is 82.1 cm³/mol. The van der Waals surface area contributed by atoms with Crippen molar-refractivity contribution in [3.63, 3.8) is 0 Å². The van der Waals surface area contributed by atoms with Crippen LogP contribution in [0.3, 0.4) is 0 Å². The zero-order valence-corrected chi connectivity index (χ0v) is 14.0. The molecule has 0 fully saturated rings. The maximum atomic E-state index is 6.18. The lowest BCUT2D eigenvalue weighted by Crippen LogP contribution is -2.40. The smallest absolute Gasteiger partial charge is 0.250 e. The van der Waals surface area contributed by atoms with Crippen LogP contribution in [0.25, 0.3) is 0 Å². The summed E-state index contributed by atoms with van der Waals surface area (Å²) in [6.45, 7) is 13.3. The van der Waals surface area contributed by atoms with E-state index < -0.39 is 8.32 Å². The van der Waals surface area contributed by atoms with Gasteiger partial charge in [-0.15, -0.1) is 0 Å². The van der Waals surface area contributed by atoms with Crippen LogP contribution in [0.1, 0.15) is 27.7 Å². The van der Waals surface area contributed by atoms with Gasteiger partial charge < -0.3 is 4.43 Å². The van der Waals surface area contributed by atoms with Gasteiger partial charge in [0.25, 0.3) is 0 Å². The third-order valence-electron chi connectivity index (χ3n) is 3.21. The van der Waals surface area contributed by atoms with E-state index in [0.717, 1.165) is 10.8 Å². The standard InChI is InChI=1S/C14H23NOSSi/c1-12(16-18(5,6)14(2,3)4)11-17-13-9-7-8-10-15-13/h7-11H,1-6H3. The summed E-state index contributed by atoms with van der Waals surface area (Å²) in [5.74, 6) is 0.984. The van der Waals surface area contributed by atoms with E-state index in [1.54, 1.807) is 18.0 Å². The number of hydrogen-bond donors (Lipinski definition) is 0. The summed E-state index contributed by atoms with van der Waals surface area (Å²) in [5.41, 5.74) is 0. The average Bonchev–Trinajstić information content (AvgIpc) is 2.26. The molecule has 0 aliphatic heterocycles. The molecule has 18 heavy (non-hydrogen) atoms. The van der Waals surface area contributed by atoms with Gasteiger partial charge in [-0.3, -0.25) is 0 Å². The Bertz CT molecular complexity index is 410. The summed E-state index contributed by atoms with van der Waals surface area (Å²) < 4.78 is 6.18. The van der Waals surface area contributed by atoms with Crippen LogP contribution in [0.15, 0.2) is 40.6 Å². The van der Waals surface area contributed by atoms with Crippen LogP contribution < -0.4 is 0 Å². The summed E-state index contributed by atoms with van der Waals surface area (Å²) in [4.78, 5) is 4.27. The molecule has 0 N–H and O–H groups in total. The fraction of sp³-hybridized carbons (Fsp3) is 0.500. The zero-order valence-electron chi connectivity index (χ0n) is 12.2. The van der Waals surface area contributed by atoms with Gasteiger partial charge in [0.1, 0.15) is 5.03 Å². The van der Waals surface area contributed by atoms with Crippen molar-refractivity contribution in [1.82, 2.24) is 4.98 Å². The highest BCUT2D eigenvalue weighted by Gasteiger charge is 2.38. The molecule has 0 aromatic carbocycles. The molecule has 1 aromatic heterocycles. The van der Waals surface area contributed by atoms with Gasteiger partial charge in [-0.25, -0.2) is 4.98 Å². The molecule has 0 spiro atoms. The largest absolute Gasteiger partial charge is 0.546 e. The van der Waals surface area contributed by atoms with Crippen molar-refractivity contribution < 1.29 is 4.43 Å². The fourth-order valence-corrected chi connectivity index (χ4v) is 3.01. The lowest BCUT2D eigenvalue weighted by Gasteiger charge is -2.36. The molecule has 100 valence electrons. The van der Waals surface area contributed by atoms with Crippen LogP contribution in [-0.4, -0.2) is 13.3 Å². The number of allylic oxidation sites excluding steroid dienone is 1. The van der Waals surface area contributed by atoms with Crippen LogP contribution in [0, 0.1) is 0 Å². The van der Waals surface area contributed by atoms with E-state index in [1.165, 1.54) is 0 Å². The number of aromatic nitrogens is 1. The summed E-state index contributed by atoms with van der Waals surface area (Å²) in [6.07, 6.45) is 1.81. The molecule has 1 aromatic rings. The number of thioether (sulfide) groups is 1. The van der Waals surface area contributed by atoms with Crippen molar-refractivity contribution in [2.75, 3.05) is 0 Å². The number of rotatable bonds is 4. The second kappa shape index (κ2) is 5.93. The molecule has 0 atom stereocenters. The molecule has 1 heterocycles. The maximum absolute atomic E-state index is 6.18. The van der Waals surface area contributed by atoms with Crippen molar-refractivity contribution in [2.24, 2.45) is 0 Å². The first-order valence-electron chi connectivity index (χ1n) is 6.16. The number of nitrogens with zero attached hydrogens (tertiary/aromatic N) is 1. The summed E-state index contributed by atoms with van der Waals surface area (Å²) in [7, 11) is -1.71. The highest BCUT2D eigenvalue weighted by Crippen LogP contribution is 2.38. The average molecular weight is 281 g/mol. The molecule has 0 saturated carbocycles. The summed E-state index contributed by atoms with van der Waals surface area (Å²) in [5, 5.41) is 3.27. The minimum atomic E-state index is -1.71. The Hall–Kier alpha value is -0.743. The normalized spacial score (nSPS) is 13.6. The van der Waals surface area contributed by atoms with Crippen molar-refractivity contribution in [3.8, 4) is 0 Å². The molecule has 0 saturated heterocycles. The Morgan fingerprint density at radius 3 is 2.50 bits per heavy atom. The van der Waals surface area contributed by atoms with E-state index in [1.807, 2.05) is 30.5 Å². The van der Waals surface area contributed by atoms with Gasteiger partial charge in [0, 0.05) is 11.6 Å². The van der Waals surface area contributed by atoms with Gasteiger partial charge in [0.15, 0.2) is 0 Å². The van der Waals surface area contributed by atoms with Gasteiger partial charge in [-0.2, -0.15) is 0 Å². The van der Waals surface area contributed by atoms with E-state index in [0.29, 0.717) is 0 Å². The molecule has 0 aliphatic carbocycles. The van der Waals surface area contributed by atoms with Gasteiger partial charge in [0.2, 0.25) is 8.32 Å². The zero-order chi connectivity index (χ0) is 13.8. The minimum absolute atomic E-state index is 0.234. The number of hydrogen-bond acceptors (Lipinski definition) is 3. The first kappa shape index (κ1) is 15.3. The molecule has 0 unspecified atom stereocenters. The van der Waals surface area contributed by atoms with E-state index in [-0.39, 0.29) is 5.04 Å². The van der Waals surface area contributed by atoms with E-state index in [2.05, 4.69) is 38.8 Å². The van der Waals surface area contributed by atoms with Crippen molar-refractivity contribution >= 4 is 20.1 Å². The van der Waals surface area contributed by atoms with Gasteiger partial charge >= 0.3 is 0 Å². The minimum Gasteiger partial charge on any atom is -0.546 e. The summed E-state index contributed by atoms with van der Waals surface area (Å²) >= 11 is 1.60. The van der Waals surface area contributed by atoms with E-state index in [9.17, 15) is 0 Å². The third kappa shape index (κ3) is 4.50. The quantitative estimate of drug-likeness (QED) is 0.437. The van der Waals surface area contributed by atoms with E-state index in [4.69, 9.17) is 4.43 Å². The first-order valence-corrected chi connectivity index (χ1v) is 9.95. The van der Waals surface area contributed by atoms with Crippen molar-refractivity contribution in [1.29, 1.82) is 0 Å². The highest BCUT2D eigenvalue weighted by molar-refractivity contribution is 8.02. The molecular weight excluding hydrogens is 258 g/mol. The SMILES string of the molecule is CC(=CSc1ccccn1)O[Si](C)(C)C(C)(C)C. The predicted octanol–water partition coefficient (Wildman–Crippen LogP) is 5.06. The topological polar surface area (TPSA) is 22.1 Å².